The fourth-order valence-corrected chi connectivity index (χ4v) is 11.2. The lowest BCUT2D eigenvalue weighted by Gasteiger charge is -2.18. The van der Waals surface area contributed by atoms with Crippen molar-refractivity contribution >= 4 is 35.8 Å². The molecule has 2 atom stereocenters. The minimum Gasteiger partial charge on any atom is -0.462 e. The van der Waals surface area contributed by atoms with Gasteiger partial charge in [-0.1, -0.05) is 242 Å². The lowest BCUT2D eigenvalue weighted by molar-refractivity contribution is -0.167. The topological polar surface area (TPSA) is 158 Å². The highest BCUT2D eigenvalue weighted by Crippen LogP contribution is 2.18. The molecule has 0 saturated carbocycles. The molecule has 0 amide bonds. The summed E-state index contributed by atoms with van der Waals surface area (Å²) in [4.78, 5) is 76.2. The van der Waals surface area contributed by atoms with Crippen molar-refractivity contribution in [3.05, 3.63) is 48.6 Å². The predicted molar refractivity (Wildman–Crippen MR) is 370 cm³/mol. The molecule has 0 spiro atoms. The molecule has 12 heteroatoms. The van der Waals surface area contributed by atoms with Crippen molar-refractivity contribution in [1.82, 2.24) is 0 Å². The van der Waals surface area contributed by atoms with Gasteiger partial charge in [-0.05, 0) is 141 Å². The standard InChI is InChI=1S/C78H136O12/c1-3-5-7-9-11-13-15-17-19-25-31-37-43-49-55-61-73(79)85-67-71(89-77(83)65-59-53-47-41-35-29-20-18-16-14-12-10-8-6-4-2)68-86-74(80)62-56-50-44-38-32-26-21-22-27-33-39-45-51-57-63-75(81)87-69-72-70-88-76(82)64-58-52-46-40-34-28-23-24-30-36-42-48-54-60-66-78(84)90-72/h17-24,71-72H,3-16,25-70H2,1-2H3/b19-17?,20-18?,22-21?,24-23-. The Morgan fingerprint density at radius 3 is 1.09 bits per heavy atom. The Bertz CT molecular complexity index is 1800. The fourth-order valence-electron chi connectivity index (χ4n) is 11.2. The highest BCUT2D eigenvalue weighted by Gasteiger charge is 2.21. The second-order valence-electron chi connectivity index (χ2n) is 25.8. The molecule has 1 aliphatic heterocycles. The minimum absolute atomic E-state index is 0.107. The molecule has 0 N–H and O–H groups in total. The van der Waals surface area contributed by atoms with Crippen LogP contribution in [0.3, 0.4) is 0 Å². The molecule has 0 aromatic rings. The van der Waals surface area contributed by atoms with Crippen molar-refractivity contribution in [3.63, 3.8) is 0 Å². The van der Waals surface area contributed by atoms with Crippen LogP contribution in [0.4, 0.5) is 0 Å². The molecule has 0 saturated heterocycles. The number of ether oxygens (including phenoxy) is 6. The lowest BCUT2D eigenvalue weighted by atomic mass is 10.1. The molecule has 1 heterocycles. The molecule has 12 nitrogen and oxygen atoms in total. The van der Waals surface area contributed by atoms with Gasteiger partial charge in [0, 0.05) is 38.5 Å². The van der Waals surface area contributed by atoms with Crippen LogP contribution in [-0.2, 0) is 57.2 Å². The zero-order valence-electron chi connectivity index (χ0n) is 58.1. The molecule has 520 valence electrons. The zero-order chi connectivity index (χ0) is 64.9. The second-order valence-corrected chi connectivity index (χ2v) is 25.8. The Morgan fingerprint density at radius 1 is 0.389 bits per heavy atom. The van der Waals surface area contributed by atoms with Gasteiger partial charge in [0.25, 0.3) is 0 Å². The van der Waals surface area contributed by atoms with Gasteiger partial charge in [0.2, 0.25) is 0 Å². The van der Waals surface area contributed by atoms with Gasteiger partial charge in [-0.15, -0.1) is 0 Å². The number of rotatable bonds is 53. The van der Waals surface area contributed by atoms with Crippen molar-refractivity contribution in [1.29, 1.82) is 0 Å². The van der Waals surface area contributed by atoms with Crippen molar-refractivity contribution < 1.29 is 57.2 Å². The van der Waals surface area contributed by atoms with Gasteiger partial charge in [0.1, 0.15) is 26.4 Å². The van der Waals surface area contributed by atoms with Gasteiger partial charge in [0.05, 0.1) is 0 Å². The predicted octanol–water partition coefficient (Wildman–Crippen LogP) is 22.1. The van der Waals surface area contributed by atoms with Gasteiger partial charge < -0.3 is 28.4 Å². The number of hydrogen-bond donors (Lipinski definition) is 0. The number of carbonyl (C=O) groups excluding carboxylic acids is 6. The number of cyclic esters (lactones) is 2. The van der Waals surface area contributed by atoms with E-state index in [0.29, 0.717) is 38.5 Å². The van der Waals surface area contributed by atoms with Gasteiger partial charge in [0.15, 0.2) is 12.2 Å². The monoisotopic (exact) mass is 1270 g/mol. The highest BCUT2D eigenvalue weighted by atomic mass is 16.6. The maximum atomic E-state index is 12.9. The first-order valence-electron chi connectivity index (χ1n) is 37.8. The maximum Gasteiger partial charge on any atom is 0.306 e. The average molecular weight is 1270 g/mol. The van der Waals surface area contributed by atoms with E-state index in [1.54, 1.807) is 0 Å². The highest BCUT2D eigenvalue weighted by molar-refractivity contribution is 5.72. The van der Waals surface area contributed by atoms with Gasteiger partial charge >= 0.3 is 35.8 Å². The van der Waals surface area contributed by atoms with E-state index in [0.717, 1.165) is 212 Å². The number of unbranched alkanes of at least 4 members (excludes halogenated alkanes) is 32. The first-order chi connectivity index (χ1) is 44.2. The molecular formula is C78H136O12. The molecule has 1 rings (SSSR count). The fraction of sp³-hybridized carbons (Fsp3) is 0.821. The largest absolute Gasteiger partial charge is 0.462 e. The second kappa shape index (κ2) is 67.7. The summed E-state index contributed by atoms with van der Waals surface area (Å²) >= 11 is 0. The normalized spacial score (nSPS) is 16.1. The van der Waals surface area contributed by atoms with Crippen molar-refractivity contribution in [3.8, 4) is 0 Å². The van der Waals surface area contributed by atoms with Crippen LogP contribution in [0.2, 0.25) is 0 Å². The van der Waals surface area contributed by atoms with Crippen molar-refractivity contribution in [2.24, 2.45) is 0 Å². The number of allylic oxidation sites excluding steroid dienone is 8. The summed E-state index contributed by atoms with van der Waals surface area (Å²) in [6.45, 7) is 4.06. The smallest absolute Gasteiger partial charge is 0.306 e. The third kappa shape index (κ3) is 62.6. The number of hydrogen-bond acceptors (Lipinski definition) is 12. The maximum absolute atomic E-state index is 12.9. The van der Waals surface area contributed by atoms with E-state index in [1.165, 1.54) is 109 Å². The third-order valence-electron chi connectivity index (χ3n) is 16.9. The SMILES string of the molecule is CCCCCCCCC=CCCCCCCCC(=O)OCC(COC(=O)CCCCCCCC=CCCCCCCCC(=O)OCC1COC(=O)CCCCCCC/C=C\CCCCCCCC(=O)O1)OC(=O)CCCCCCCC=CCCCCCCCC. The van der Waals surface area contributed by atoms with Gasteiger partial charge in [-0.2, -0.15) is 0 Å². The molecule has 0 aromatic heterocycles. The van der Waals surface area contributed by atoms with Crippen LogP contribution in [0.25, 0.3) is 0 Å². The van der Waals surface area contributed by atoms with E-state index >= 15 is 0 Å². The van der Waals surface area contributed by atoms with E-state index in [4.69, 9.17) is 28.4 Å². The molecule has 0 aromatic carbocycles. The van der Waals surface area contributed by atoms with E-state index in [9.17, 15) is 28.8 Å². The van der Waals surface area contributed by atoms with Crippen LogP contribution >= 0.6 is 0 Å². The first-order valence-corrected chi connectivity index (χ1v) is 37.8. The summed E-state index contributed by atoms with van der Waals surface area (Å²) in [5.74, 6) is -1.98. The van der Waals surface area contributed by atoms with Gasteiger partial charge in [-0.25, -0.2) is 0 Å². The Hall–Kier alpha value is -4.22. The third-order valence-corrected chi connectivity index (χ3v) is 16.9. The van der Waals surface area contributed by atoms with Crippen LogP contribution < -0.4 is 0 Å². The molecule has 1 aliphatic rings. The Labute approximate surface area is 551 Å². The summed E-state index contributed by atoms with van der Waals surface area (Å²) < 4.78 is 33.5. The van der Waals surface area contributed by atoms with Crippen molar-refractivity contribution in [2.75, 3.05) is 26.4 Å². The summed E-state index contributed by atoms with van der Waals surface area (Å²) in [7, 11) is 0. The molecule has 0 bridgehead atoms. The Balaban J connectivity index is 2.31. The Morgan fingerprint density at radius 2 is 0.700 bits per heavy atom. The number of esters is 6. The van der Waals surface area contributed by atoms with E-state index in [-0.39, 0.29) is 62.2 Å². The number of carbonyl (C=O) groups is 6. The molecule has 0 aliphatic carbocycles. The summed E-state index contributed by atoms with van der Waals surface area (Å²) in [5.41, 5.74) is 0. The molecule has 0 fully saturated rings. The summed E-state index contributed by atoms with van der Waals surface area (Å²) in [6.07, 6.45) is 73.8. The molecule has 2 unspecified atom stereocenters. The first kappa shape index (κ1) is 83.8. The molecular weight excluding hydrogens is 1130 g/mol. The lowest BCUT2D eigenvalue weighted by Crippen LogP contribution is -2.30. The summed E-state index contributed by atoms with van der Waals surface area (Å²) in [5, 5.41) is 0. The zero-order valence-corrected chi connectivity index (χ0v) is 58.1. The van der Waals surface area contributed by atoms with E-state index < -0.39 is 12.2 Å². The quantitative estimate of drug-likeness (QED) is 0.0246. The van der Waals surface area contributed by atoms with Crippen LogP contribution in [0.1, 0.15) is 373 Å². The van der Waals surface area contributed by atoms with E-state index in [1.807, 2.05) is 0 Å². The van der Waals surface area contributed by atoms with Gasteiger partial charge in [-0.3, -0.25) is 28.8 Å². The van der Waals surface area contributed by atoms with Crippen LogP contribution in [0.5, 0.6) is 0 Å². The minimum atomic E-state index is -0.823. The van der Waals surface area contributed by atoms with Crippen LogP contribution in [0.15, 0.2) is 48.6 Å². The molecule has 90 heavy (non-hydrogen) atoms. The van der Waals surface area contributed by atoms with Crippen molar-refractivity contribution in [2.45, 2.75) is 386 Å². The van der Waals surface area contributed by atoms with E-state index in [2.05, 4.69) is 62.5 Å². The average Bonchev–Trinajstić information content (AvgIpc) is 3.75. The van der Waals surface area contributed by atoms with Crippen LogP contribution in [-0.4, -0.2) is 74.5 Å². The molecule has 0 radical (unpaired) electrons. The van der Waals surface area contributed by atoms with Crippen LogP contribution in [0, 0.1) is 0 Å². The Kier molecular flexibility index (Phi) is 63.0. The summed E-state index contributed by atoms with van der Waals surface area (Å²) in [6, 6.07) is 0.